The Balaban J connectivity index is 2.30. The van der Waals surface area contributed by atoms with Gasteiger partial charge in [0.1, 0.15) is 11.6 Å². The lowest BCUT2D eigenvalue weighted by atomic mass is 10.0. The highest BCUT2D eigenvalue weighted by molar-refractivity contribution is 5.30. The van der Waals surface area contributed by atoms with Gasteiger partial charge < -0.3 is 9.73 Å². The van der Waals surface area contributed by atoms with Gasteiger partial charge in [0.15, 0.2) is 0 Å². The Morgan fingerprint density at radius 3 is 2.78 bits per heavy atom. The molecule has 1 aromatic heterocycles. The van der Waals surface area contributed by atoms with Crippen LogP contribution in [-0.4, -0.2) is 6.54 Å². The molecule has 1 N–H and O–H groups in total. The van der Waals surface area contributed by atoms with E-state index in [1.54, 1.807) is 25.3 Å². The Morgan fingerprint density at radius 1 is 1.33 bits per heavy atom. The molecule has 0 aliphatic carbocycles. The number of hydrogen-bond donors (Lipinski definition) is 1. The van der Waals surface area contributed by atoms with Crippen molar-refractivity contribution in [3.05, 3.63) is 59.3 Å². The van der Waals surface area contributed by atoms with Crippen LogP contribution in [0, 0.1) is 12.7 Å². The van der Waals surface area contributed by atoms with E-state index in [1.165, 1.54) is 0 Å². The summed E-state index contributed by atoms with van der Waals surface area (Å²) in [5, 5.41) is 3.37. The number of benzene rings is 1. The fraction of sp³-hybridized carbons (Fsp3) is 0.333. The number of nitrogens with one attached hydrogen (secondary N) is 1. The second kappa shape index (κ2) is 5.83. The quantitative estimate of drug-likeness (QED) is 0.869. The average Bonchev–Trinajstić information content (AvgIpc) is 2.88. The molecule has 0 aliphatic rings. The van der Waals surface area contributed by atoms with Crippen LogP contribution in [0.25, 0.3) is 0 Å². The number of furan rings is 1. The minimum Gasteiger partial charge on any atom is -0.467 e. The molecule has 0 aliphatic heterocycles. The highest BCUT2D eigenvalue weighted by Gasteiger charge is 2.16. The van der Waals surface area contributed by atoms with E-state index in [2.05, 4.69) is 12.2 Å². The molecule has 2 rings (SSSR count). The van der Waals surface area contributed by atoms with Crippen LogP contribution in [0.4, 0.5) is 4.39 Å². The lowest BCUT2D eigenvalue weighted by molar-refractivity contribution is 0.445. The first kappa shape index (κ1) is 12.8. The largest absolute Gasteiger partial charge is 0.467 e. The van der Waals surface area contributed by atoms with Crippen molar-refractivity contribution in [3.63, 3.8) is 0 Å². The van der Waals surface area contributed by atoms with E-state index >= 15 is 0 Å². The van der Waals surface area contributed by atoms with Gasteiger partial charge >= 0.3 is 0 Å². The van der Waals surface area contributed by atoms with Crippen LogP contribution in [-0.2, 0) is 0 Å². The second-order valence-electron chi connectivity index (χ2n) is 4.41. The van der Waals surface area contributed by atoms with Gasteiger partial charge in [-0.3, -0.25) is 0 Å². The van der Waals surface area contributed by atoms with E-state index < -0.39 is 0 Å². The van der Waals surface area contributed by atoms with Crippen LogP contribution in [0.5, 0.6) is 0 Å². The van der Waals surface area contributed by atoms with Gasteiger partial charge in [-0.2, -0.15) is 0 Å². The first-order valence-electron chi connectivity index (χ1n) is 6.25. The van der Waals surface area contributed by atoms with Crippen molar-refractivity contribution in [2.45, 2.75) is 26.3 Å². The normalized spacial score (nSPS) is 12.6. The van der Waals surface area contributed by atoms with Gasteiger partial charge in [0.25, 0.3) is 0 Å². The van der Waals surface area contributed by atoms with Crippen molar-refractivity contribution in [3.8, 4) is 0 Å². The lowest BCUT2D eigenvalue weighted by Crippen LogP contribution is -2.22. The number of aryl methyl sites for hydroxylation is 1. The zero-order valence-electron chi connectivity index (χ0n) is 10.7. The molecule has 0 radical (unpaired) electrons. The molecule has 2 nitrogen and oxygen atoms in total. The predicted molar refractivity (Wildman–Crippen MR) is 70.0 cm³/mol. The van der Waals surface area contributed by atoms with E-state index in [1.807, 2.05) is 18.2 Å². The van der Waals surface area contributed by atoms with E-state index in [0.717, 1.165) is 24.3 Å². The Morgan fingerprint density at radius 2 is 2.17 bits per heavy atom. The van der Waals surface area contributed by atoms with Crippen LogP contribution < -0.4 is 5.32 Å². The fourth-order valence-electron chi connectivity index (χ4n) is 1.92. The van der Waals surface area contributed by atoms with Gasteiger partial charge in [-0.15, -0.1) is 0 Å². The molecule has 2 aromatic rings. The molecule has 0 fully saturated rings. The molecule has 3 heteroatoms. The van der Waals surface area contributed by atoms with Crippen molar-refractivity contribution in [1.82, 2.24) is 5.32 Å². The molecule has 96 valence electrons. The van der Waals surface area contributed by atoms with Crippen LogP contribution in [0.15, 0.2) is 41.0 Å². The Bertz CT molecular complexity index is 493. The molecule has 1 atom stereocenters. The van der Waals surface area contributed by atoms with Crippen LogP contribution in [0.3, 0.4) is 0 Å². The van der Waals surface area contributed by atoms with Crippen molar-refractivity contribution in [2.24, 2.45) is 0 Å². The van der Waals surface area contributed by atoms with Crippen LogP contribution in [0.1, 0.15) is 36.3 Å². The lowest BCUT2D eigenvalue weighted by Gasteiger charge is -2.17. The van der Waals surface area contributed by atoms with E-state index in [4.69, 9.17) is 4.42 Å². The molecule has 1 aromatic carbocycles. The van der Waals surface area contributed by atoms with E-state index in [9.17, 15) is 4.39 Å². The van der Waals surface area contributed by atoms with Gasteiger partial charge in [0.2, 0.25) is 0 Å². The standard InChI is InChI=1S/C15H18FNO/c1-3-8-17-15(14-5-4-9-18-14)12-7-6-11(2)13(16)10-12/h4-7,9-10,15,17H,3,8H2,1-2H3. The van der Waals surface area contributed by atoms with Crippen LogP contribution >= 0.6 is 0 Å². The van der Waals surface area contributed by atoms with Gasteiger partial charge in [0.05, 0.1) is 12.3 Å². The van der Waals surface area contributed by atoms with Crippen molar-refractivity contribution in [1.29, 1.82) is 0 Å². The topological polar surface area (TPSA) is 25.2 Å². The van der Waals surface area contributed by atoms with E-state index in [-0.39, 0.29) is 11.9 Å². The molecule has 18 heavy (non-hydrogen) atoms. The Labute approximate surface area is 107 Å². The smallest absolute Gasteiger partial charge is 0.126 e. The number of hydrogen-bond acceptors (Lipinski definition) is 2. The average molecular weight is 247 g/mol. The summed E-state index contributed by atoms with van der Waals surface area (Å²) in [7, 11) is 0. The van der Waals surface area contributed by atoms with Crippen molar-refractivity contribution < 1.29 is 8.81 Å². The summed E-state index contributed by atoms with van der Waals surface area (Å²) in [5.41, 5.74) is 1.55. The predicted octanol–water partition coefficient (Wildman–Crippen LogP) is 3.82. The Kier molecular flexibility index (Phi) is 4.15. The summed E-state index contributed by atoms with van der Waals surface area (Å²) < 4.78 is 19.1. The number of halogens is 1. The molecule has 0 amide bonds. The molecular formula is C15H18FNO. The fourth-order valence-corrected chi connectivity index (χ4v) is 1.92. The van der Waals surface area contributed by atoms with Gasteiger partial charge in [-0.25, -0.2) is 4.39 Å². The Hall–Kier alpha value is -1.61. The minimum absolute atomic E-state index is 0.0879. The maximum Gasteiger partial charge on any atom is 0.126 e. The monoisotopic (exact) mass is 247 g/mol. The van der Waals surface area contributed by atoms with Crippen LogP contribution in [0.2, 0.25) is 0 Å². The summed E-state index contributed by atoms with van der Waals surface area (Å²) in [6.45, 7) is 4.73. The van der Waals surface area contributed by atoms with Gasteiger partial charge in [-0.05, 0) is 49.2 Å². The first-order valence-corrected chi connectivity index (χ1v) is 6.25. The summed E-state index contributed by atoms with van der Waals surface area (Å²) in [6.07, 6.45) is 2.66. The zero-order valence-corrected chi connectivity index (χ0v) is 10.7. The summed E-state index contributed by atoms with van der Waals surface area (Å²) in [5.74, 6) is 0.633. The first-order chi connectivity index (χ1) is 8.72. The molecule has 0 saturated heterocycles. The molecule has 0 spiro atoms. The molecule has 1 heterocycles. The molecule has 0 saturated carbocycles. The third kappa shape index (κ3) is 2.79. The van der Waals surface area contributed by atoms with Gasteiger partial charge in [-0.1, -0.05) is 19.1 Å². The van der Waals surface area contributed by atoms with Gasteiger partial charge in [0, 0.05) is 0 Å². The summed E-state index contributed by atoms with van der Waals surface area (Å²) in [6, 6.07) is 8.98. The highest BCUT2D eigenvalue weighted by atomic mass is 19.1. The van der Waals surface area contributed by atoms with Crippen molar-refractivity contribution >= 4 is 0 Å². The molecule has 1 unspecified atom stereocenters. The summed E-state index contributed by atoms with van der Waals surface area (Å²) in [4.78, 5) is 0. The maximum absolute atomic E-state index is 13.6. The highest BCUT2D eigenvalue weighted by Crippen LogP contribution is 2.24. The van der Waals surface area contributed by atoms with E-state index in [0.29, 0.717) is 5.56 Å². The SMILES string of the molecule is CCCNC(c1ccc(C)c(F)c1)c1ccco1. The van der Waals surface area contributed by atoms with Crippen molar-refractivity contribution in [2.75, 3.05) is 6.54 Å². The third-order valence-corrected chi connectivity index (χ3v) is 2.96. The number of rotatable bonds is 5. The zero-order chi connectivity index (χ0) is 13.0. The maximum atomic E-state index is 13.6. The second-order valence-corrected chi connectivity index (χ2v) is 4.41. The molecule has 0 bridgehead atoms. The minimum atomic E-state index is -0.178. The summed E-state index contributed by atoms with van der Waals surface area (Å²) >= 11 is 0. The molecular weight excluding hydrogens is 229 g/mol. The third-order valence-electron chi connectivity index (χ3n) is 2.96.